The molecule has 1 aromatic heterocycles. The van der Waals surface area contributed by atoms with E-state index in [0.29, 0.717) is 13.1 Å². The minimum atomic E-state index is 0.148. The van der Waals surface area contributed by atoms with Crippen LogP contribution in [0.15, 0.2) is 48.5 Å². The SMILES string of the molecule is COc1ccc([C@@H]2CCCCCN2CC(=O)N(C)Cc2nc3ccccc3s2)cc1. The molecule has 1 saturated heterocycles. The largest absolute Gasteiger partial charge is 0.497 e. The van der Waals surface area contributed by atoms with Gasteiger partial charge in [-0.25, -0.2) is 4.98 Å². The monoisotopic (exact) mass is 423 g/mol. The van der Waals surface area contributed by atoms with Crippen LogP contribution >= 0.6 is 11.3 Å². The van der Waals surface area contributed by atoms with Crippen LogP contribution in [0.1, 0.15) is 42.3 Å². The molecule has 1 aliphatic rings. The summed E-state index contributed by atoms with van der Waals surface area (Å²) < 4.78 is 6.47. The molecule has 0 spiro atoms. The van der Waals surface area contributed by atoms with E-state index in [1.807, 2.05) is 42.3 Å². The Morgan fingerprint density at radius 3 is 2.73 bits per heavy atom. The molecule has 0 aliphatic carbocycles. The molecule has 1 aliphatic heterocycles. The Bertz CT molecular complexity index is 953. The molecule has 1 fully saturated rings. The zero-order valence-corrected chi connectivity index (χ0v) is 18.5. The van der Waals surface area contributed by atoms with Crippen molar-refractivity contribution in [3.63, 3.8) is 0 Å². The molecule has 0 unspecified atom stereocenters. The number of fused-ring (bicyclic) bond motifs is 1. The van der Waals surface area contributed by atoms with Gasteiger partial charge in [0.05, 0.1) is 30.4 Å². The summed E-state index contributed by atoms with van der Waals surface area (Å²) in [6, 6.07) is 16.7. The summed E-state index contributed by atoms with van der Waals surface area (Å²) >= 11 is 1.66. The number of carbonyl (C=O) groups is 1. The van der Waals surface area contributed by atoms with Crippen molar-refractivity contribution in [3.8, 4) is 5.75 Å². The lowest BCUT2D eigenvalue weighted by Gasteiger charge is -2.31. The second-order valence-corrected chi connectivity index (χ2v) is 9.05. The van der Waals surface area contributed by atoms with Gasteiger partial charge in [0.1, 0.15) is 10.8 Å². The van der Waals surface area contributed by atoms with Crippen molar-refractivity contribution in [1.82, 2.24) is 14.8 Å². The summed E-state index contributed by atoms with van der Waals surface area (Å²) in [4.78, 5) is 21.9. The maximum atomic E-state index is 13.1. The van der Waals surface area contributed by atoms with Crippen LogP contribution in [0, 0.1) is 0 Å². The maximum absolute atomic E-state index is 13.1. The highest BCUT2D eigenvalue weighted by Crippen LogP contribution is 2.31. The summed E-state index contributed by atoms with van der Waals surface area (Å²) in [5.74, 6) is 1.01. The summed E-state index contributed by atoms with van der Waals surface area (Å²) in [5.41, 5.74) is 2.27. The van der Waals surface area contributed by atoms with E-state index in [4.69, 9.17) is 4.74 Å². The molecule has 0 saturated carbocycles. The van der Waals surface area contributed by atoms with Gasteiger partial charge in [0.25, 0.3) is 0 Å². The Morgan fingerprint density at radius 2 is 1.97 bits per heavy atom. The van der Waals surface area contributed by atoms with Gasteiger partial charge >= 0.3 is 0 Å². The van der Waals surface area contributed by atoms with Gasteiger partial charge in [0.2, 0.25) is 5.91 Å². The van der Waals surface area contributed by atoms with Crippen LogP contribution in [-0.4, -0.2) is 47.9 Å². The number of ether oxygens (including phenoxy) is 1. The third kappa shape index (κ3) is 4.82. The lowest BCUT2D eigenvalue weighted by atomic mass is 10.0. The van der Waals surface area contributed by atoms with Crippen molar-refractivity contribution in [2.24, 2.45) is 0 Å². The number of carbonyl (C=O) groups excluding carboxylic acids is 1. The summed E-state index contributed by atoms with van der Waals surface area (Å²) in [6.07, 6.45) is 4.64. The van der Waals surface area contributed by atoms with E-state index in [2.05, 4.69) is 28.1 Å². The van der Waals surface area contributed by atoms with Crippen LogP contribution in [0.3, 0.4) is 0 Å². The smallest absolute Gasteiger partial charge is 0.236 e. The molecular weight excluding hydrogens is 394 g/mol. The zero-order valence-electron chi connectivity index (χ0n) is 17.7. The van der Waals surface area contributed by atoms with Crippen LogP contribution < -0.4 is 4.74 Å². The number of likely N-dealkylation sites (N-methyl/N-ethyl adjacent to an activating group) is 1. The van der Waals surface area contributed by atoms with Crippen molar-refractivity contribution in [2.75, 3.05) is 27.2 Å². The van der Waals surface area contributed by atoms with E-state index >= 15 is 0 Å². The molecule has 4 rings (SSSR count). The highest BCUT2D eigenvalue weighted by atomic mass is 32.1. The van der Waals surface area contributed by atoms with Gasteiger partial charge in [-0.05, 0) is 49.2 Å². The van der Waals surface area contributed by atoms with E-state index in [1.165, 1.54) is 23.1 Å². The number of thiazole rings is 1. The molecule has 2 heterocycles. The number of benzene rings is 2. The summed E-state index contributed by atoms with van der Waals surface area (Å²) in [7, 11) is 3.57. The standard InChI is InChI=1S/C24H29N3O2S/c1-26(16-23-25-20-8-5-6-10-22(20)30-23)24(28)17-27-15-7-3-4-9-21(27)18-11-13-19(29-2)14-12-18/h5-6,8,10-14,21H,3-4,7,9,15-17H2,1-2H3/t21-/m0/s1. The van der Waals surface area contributed by atoms with Gasteiger partial charge in [0.15, 0.2) is 0 Å². The molecule has 1 atom stereocenters. The zero-order chi connectivity index (χ0) is 20.9. The predicted octanol–water partition coefficient (Wildman–Crippen LogP) is 4.88. The van der Waals surface area contributed by atoms with Crippen LogP contribution in [0.5, 0.6) is 5.75 Å². The predicted molar refractivity (Wildman–Crippen MR) is 122 cm³/mol. The average molecular weight is 424 g/mol. The normalized spacial score (nSPS) is 17.6. The number of rotatable bonds is 6. The minimum absolute atomic E-state index is 0.148. The average Bonchev–Trinajstić information content (AvgIpc) is 3.03. The second kappa shape index (κ2) is 9.58. The first-order valence-corrected chi connectivity index (χ1v) is 11.4. The Hall–Kier alpha value is -2.44. The van der Waals surface area contributed by atoms with Gasteiger partial charge in [-0.2, -0.15) is 0 Å². The van der Waals surface area contributed by atoms with Gasteiger partial charge in [0, 0.05) is 13.1 Å². The lowest BCUT2D eigenvalue weighted by Crippen LogP contribution is -2.40. The minimum Gasteiger partial charge on any atom is -0.497 e. The van der Waals surface area contributed by atoms with Crippen molar-refractivity contribution in [1.29, 1.82) is 0 Å². The van der Waals surface area contributed by atoms with Gasteiger partial charge in [-0.1, -0.05) is 37.1 Å². The highest BCUT2D eigenvalue weighted by molar-refractivity contribution is 7.18. The van der Waals surface area contributed by atoms with Crippen LogP contribution in [0.4, 0.5) is 0 Å². The molecule has 1 amide bonds. The molecule has 6 heteroatoms. The number of hydrogen-bond donors (Lipinski definition) is 0. The molecular formula is C24H29N3O2S. The molecule has 3 aromatic rings. The molecule has 0 radical (unpaired) electrons. The van der Waals surface area contributed by atoms with Crippen molar-refractivity contribution in [3.05, 3.63) is 59.1 Å². The molecule has 30 heavy (non-hydrogen) atoms. The number of nitrogens with zero attached hydrogens (tertiary/aromatic N) is 3. The third-order valence-corrected chi connectivity index (χ3v) is 6.86. The van der Waals surface area contributed by atoms with E-state index in [0.717, 1.165) is 35.7 Å². The number of aromatic nitrogens is 1. The lowest BCUT2D eigenvalue weighted by molar-refractivity contribution is -0.132. The van der Waals surface area contributed by atoms with E-state index < -0.39 is 0 Å². The van der Waals surface area contributed by atoms with E-state index in [9.17, 15) is 4.79 Å². The maximum Gasteiger partial charge on any atom is 0.236 e. The molecule has 5 nitrogen and oxygen atoms in total. The number of para-hydroxylation sites is 1. The van der Waals surface area contributed by atoms with Crippen molar-refractivity contribution >= 4 is 27.5 Å². The fourth-order valence-electron chi connectivity index (χ4n) is 4.13. The Balaban J connectivity index is 1.44. The van der Waals surface area contributed by atoms with Gasteiger partial charge in [-0.15, -0.1) is 11.3 Å². The van der Waals surface area contributed by atoms with E-state index in [1.54, 1.807) is 18.4 Å². The highest BCUT2D eigenvalue weighted by Gasteiger charge is 2.26. The van der Waals surface area contributed by atoms with Crippen LogP contribution in [-0.2, 0) is 11.3 Å². The first kappa shape index (κ1) is 20.8. The molecule has 0 N–H and O–H groups in total. The topological polar surface area (TPSA) is 45.7 Å². The summed E-state index contributed by atoms with van der Waals surface area (Å²) in [5, 5.41) is 0.981. The number of methoxy groups -OCH3 is 1. The number of amides is 1. The third-order valence-electron chi connectivity index (χ3n) is 5.84. The fourth-order valence-corrected chi connectivity index (χ4v) is 5.15. The number of hydrogen-bond acceptors (Lipinski definition) is 5. The second-order valence-electron chi connectivity index (χ2n) is 7.93. The van der Waals surface area contributed by atoms with Gasteiger partial charge in [-0.3, -0.25) is 9.69 Å². The van der Waals surface area contributed by atoms with Crippen molar-refractivity contribution in [2.45, 2.75) is 38.3 Å². The molecule has 158 valence electrons. The fraction of sp³-hybridized carbons (Fsp3) is 0.417. The quantitative estimate of drug-likeness (QED) is 0.567. The van der Waals surface area contributed by atoms with Crippen LogP contribution in [0.2, 0.25) is 0 Å². The first-order valence-electron chi connectivity index (χ1n) is 10.6. The van der Waals surface area contributed by atoms with E-state index in [-0.39, 0.29) is 11.9 Å². The number of likely N-dealkylation sites (tertiary alicyclic amines) is 1. The Morgan fingerprint density at radius 1 is 1.17 bits per heavy atom. The Labute approximate surface area is 182 Å². The first-order chi connectivity index (χ1) is 14.6. The van der Waals surface area contributed by atoms with Crippen molar-refractivity contribution < 1.29 is 9.53 Å². The summed E-state index contributed by atoms with van der Waals surface area (Å²) in [6.45, 7) is 1.95. The molecule has 0 bridgehead atoms. The van der Waals surface area contributed by atoms with Crippen LogP contribution in [0.25, 0.3) is 10.2 Å². The van der Waals surface area contributed by atoms with Gasteiger partial charge < -0.3 is 9.64 Å². The Kier molecular flexibility index (Phi) is 6.65. The molecule has 2 aromatic carbocycles.